The summed E-state index contributed by atoms with van der Waals surface area (Å²) in [6.07, 6.45) is 2.11. The molecule has 1 fully saturated rings. The van der Waals surface area contributed by atoms with Gasteiger partial charge in [0.25, 0.3) is 5.91 Å². The molecule has 136 valence electrons. The van der Waals surface area contributed by atoms with E-state index in [2.05, 4.69) is 0 Å². The predicted molar refractivity (Wildman–Crippen MR) is 92.2 cm³/mol. The number of methoxy groups -OCH3 is 2. The van der Waals surface area contributed by atoms with Crippen LogP contribution in [0.15, 0.2) is 24.3 Å². The Morgan fingerprint density at radius 2 is 1.68 bits per heavy atom. The number of ether oxygens (including phenoxy) is 2. The lowest BCUT2D eigenvalue weighted by Gasteiger charge is -2.38. The molecule has 0 N–H and O–H groups in total. The Morgan fingerprint density at radius 3 is 2.24 bits per heavy atom. The minimum Gasteiger partial charge on any atom is -0.469 e. The summed E-state index contributed by atoms with van der Waals surface area (Å²) in [7, 11) is 4.44. The van der Waals surface area contributed by atoms with Crippen molar-refractivity contribution in [1.82, 2.24) is 4.90 Å². The van der Waals surface area contributed by atoms with Crippen molar-refractivity contribution in [3.8, 4) is 0 Å². The Balaban J connectivity index is 2.16. The summed E-state index contributed by atoms with van der Waals surface area (Å²) in [5, 5.41) is 0. The molecule has 1 aliphatic rings. The zero-order valence-electron chi connectivity index (χ0n) is 15.2. The van der Waals surface area contributed by atoms with Crippen molar-refractivity contribution in [3.05, 3.63) is 35.4 Å². The summed E-state index contributed by atoms with van der Waals surface area (Å²) in [5.74, 6) is -0.872. The molecule has 0 aliphatic heterocycles. The third-order valence-electron chi connectivity index (χ3n) is 5.04. The molecule has 1 aromatic carbocycles. The van der Waals surface area contributed by atoms with Gasteiger partial charge in [-0.1, -0.05) is 19.1 Å². The van der Waals surface area contributed by atoms with Gasteiger partial charge in [-0.3, -0.25) is 9.59 Å². The second kappa shape index (κ2) is 8.14. The second-order valence-corrected chi connectivity index (χ2v) is 6.53. The number of amides is 1. The summed E-state index contributed by atoms with van der Waals surface area (Å²) in [6, 6.07) is 6.66. The first-order valence-electron chi connectivity index (χ1n) is 8.43. The first-order valence-corrected chi connectivity index (χ1v) is 8.43. The van der Waals surface area contributed by atoms with Crippen molar-refractivity contribution in [3.63, 3.8) is 0 Å². The van der Waals surface area contributed by atoms with Gasteiger partial charge in [-0.05, 0) is 37.3 Å². The zero-order valence-corrected chi connectivity index (χ0v) is 15.2. The Labute approximate surface area is 148 Å². The average Bonchev–Trinajstić information content (AvgIpc) is 2.65. The maximum Gasteiger partial charge on any atom is 0.338 e. The Morgan fingerprint density at radius 1 is 1.04 bits per heavy atom. The summed E-state index contributed by atoms with van der Waals surface area (Å²) in [5.41, 5.74) is 0.594. The maximum atomic E-state index is 12.9. The molecule has 2 rings (SSSR count). The molecule has 0 saturated heterocycles. The van der Waals surface area contributed by atoms with Gasteiger partial charge >= 0.3 is 11.9 Å². The van der Waals surface area contributed by atoms with E-state index >= 15 is 0 Å². The molecular formula is C19H25NO5. The lowest BCUT2D eigenvalue weighted by molar-refractivity contribution is -0.147. The van der Waals surface area contributed by atoms with Crippen LogP contribution in [0.25, 0.3) is 0 Å². The molecule has 1 unspecified atom stereocenters. The van der Waals surface area contributed by atoms with Crippen LogP contribution in [0.2, 0.25) is 0 Å². The fourth-order valence-electron chi connectivity index (χ4n) is 3.63. The lowest BCUT2D eigenvalue weighted by atomic mass is 9.78. The molecule has 6 heteroatoms. The van der Waals surface area contributed by atoms with E-state index < -0.39 is 5.97 Å². The van der Waals surface area contributed by atoms with Crippen LogP contribution in [0.1, 0.15) is 46.9 Å². The number of benzene rings is 1. The van der Waals surface area contributed by atoms with E-state index in [9.17, 15) is 14.4 Å². The summed E-state index contributed by atoms with van der Waals surface area (Å²) in [4.78, 5) is 38.3. The molecular weight excluding hydrogens is 322 g/mol. The van der Waals surface area contributed by atoms with E-state index in [0.717, 1.165) is 6.42 Å². The third-order valence-corrected chi connectivity index (χ3v) is 5.04. The first-order chi connectivity index (χ1) is 11.9. The number of carbonyl (C=O) groups is 3. The van der Waals surface area contributed by atoms with Crippen LogP contribution in [-0.2, 0) is 14.3 Å². The maximum absolute atomic E-state index is 12.9. The van der Waals surface area contributed by atoms with Crippen LogP contribution in [0.3, 0.4) is 0 Å². The standard InChI is InChI=1S/C19H25NO5/c1-12-11-13(18(22)24-3)9-10-16(12)20(2)17(21)14-7-5-6-8-15(14)19(23)25-4/h5-8,12-13,16H,9-11H2,1-4H3/t12-,13-,16?/m0/s1. The van der Waals surface area contributed by atoms with Crippen molar-refractivity contribution in [1.29, 1.82) is 0 Å². The minimum atomic E-state index is -0.528. The highest BCUT2D eigenvalue weighted by Gasteiger charge is 2.36. The van der Waals surface area contributed by atoms with Gasteiger partial charge in [-0.15, -0.1) is 0 Å². The van der Waals surface area contributed by atoms with Gasteiger partial charge in [0, 0.05) is 13.1 Å². The van der Waals surface area contributed by atoms with Gasteiger partial charge in [-0.25, -0.2) is 4.79 Å². The molecule has 1 saturated carbocycles. The quantitative estimate of drug-likeness (QED) is 0.783. The number of carbonyl (C=O) groups excluding carboxylic acids is 3. The number of esters is 2. The third kappa shape index (κ3) is 4.00. The van der Waals surface area contributed by atoms with Crippen LogP contribution in [0, 0.1) is 11.8 Å². The molecule has 0 spiro atoms. The number of hydrogen-bond acceptors (Lipinski definition) is 5. The molecule has 1 aromatic rings. The molecule has 0 aromatic heterocycles. The number of rotatable bonds is 4. The molecule has 0 heterocycles. The van der Waals surface area contributed by atoms with Gasteiger partial charge in [0.05, 0.1) is 31.3 Å². The largest absolute Gasteiger partial charge is 0.469 e. The van der Waals surface area contributed by atoms with Crippen molar-refractivity contribution >= 4 is 17.8 Å². The highest BCUT2D eigenvalue weighted by Crippen LogP contribution is 2.33. The van der Waals surface area contributed by atoms with Gasteiger partial charge in [0.15, 0.2) is 0 Å². The number of hydrogen-bond donors (Lipinski definition) is 0. The van der Waals surface area contributed by atoms with Crippen LogP contribution in [0.4, 0.5) is 0 Å². The normalized spacial score (nSPS) is 22.8. The smallest absolute Gasteiger partial charge is 0.338 e. The number of nitrogens with zero attached hydrogens (tertiary/aromatic N) is 1. The van der Waals surface area contributed by atoms with E-state index in [4.69, 9.17) is 9.47 Å². The molecule has 1 amide bonds. The van der Waals surface area contributed by atoms with E-state index in [-0.39, 0.29) is 35.3 Å². The Kier molecular flexibility index (Phi) is 6.17. The average molecular weight is 347 g/mol. The Hall–Kier alpha value is -2.37. The molecule has 0 radical (unpaired) electrons. The summed E-state index contributed by atoms with van der Waals surface area (Å²) < 4.78 is 9.60. The van der Waals surface area contributed by atoms with Crippen molar-refractivity contribution in [2.75, 3.05) is 21.3 Å². The van der Waals surface area contributed by atoms with E-state index in [1.165, 1.54) is 14.2 Å². The molecule has 25 heavy (non-hydrogen) atoms. The molecule has 0 bridgehead atoms. The van der Waals surface area contributed by atoms with Gasteiger partial charge in [-0.2, -0.15) is 0 Å². The van der Waals surface area contributed by atoms with Crippen molar-refractivity contribution in [2.45, 2.75) is 32.2 Å². The lowest BCUT2D eigenvalue weighted by Crippen LogP contribution is -2.45. The predicted octanol–water partition coefficient (Wildman–Crippen LogP) is 2.52. The van der Waals surface area contributed by atoms with Crippen LogP contribution in [-0.4, -0.2) is 50.1 Å². The minimum absolute atomic E-state index is 0.0131. The SMILES string of the molecule is COC(=O)c1ccccc1C(=O)N(C)C1CC[C@H](C(=O)OC)C[C@@H]1C. The van der Waals surface area contributed by atoms with Gasteiger partial charge < -0.3 is 14.4 Å². The first kappa shape index (κ1) is 19.0. The van der Waals surface area contributed by atoms with Crippen molar-refractivity contribution in [2.24, 2.45) is 11.8 Å². The van der Waals surface area contributed by atoms with E-state index in [1.807, 2.05) is 6.92 Å². The molecule has 6 nitrogen and oxygen atoms in total. The molecule has 1 aliphatic carbocycles. The van der Waals surface area contributed by atoms with Gasteiger partial charge in [0.1, 0.15) is 0 Å². The van der Waals surface area contributed by atoms with Crippen LogP contribution in [0.5, 0.6) is 0 Å². The second-order valence-electron chi connectivity index (χ2n) is 6.53. The summed E-state index contributed by atoms with van der Waals surface area (Å²) in [6.45, 7) is 2.04. The van der Waals surface area contributed by atoms with Gasteiger partial charge in [0.2, 0.25) is 0 Å². The monoisotopic (exact) mass is 347 g/mol. The van der Waals surface area contributed by atoms with Crippen LogP contribution < -0.4 is 0 Å². The fourth-order valence-corrected chi connectivity index (χ4v) is 3.63. The highest BCUT2D eigenvalue weighted by molar-refractivity contribution is 6.05. The topological polar surface area (TPSA) is 72.9 Å². The summed E-state index contributed by atoms with van der Waals surface area (Å²) >= 11 is 0. The zero-order chi connectivity index (χ0) is 18.6. The van der Waals surface area contributed by atoms with Crippen LogP contribution >= 0.6 is 0 Å². The van der Waals surface area contributed by atoms with Crippen molar-refractivity contribution < 1.29 is 23.9 Å². The van der Waals surface area contributed by atoms with E-state index in [1.54, 1.807) is 36.2 Å². The highest BCUT2D eigenvalue weighted by atomic mass is 16.5. The molecule has 3 atom stereocenters. The Bertz CT molecular complexity index is 657. The fraction of sp³-hybridized carbons (Fsp3) is 0.526. The van der Waals surface area contributed by atoms with E-state index in [0.29, 0.717) is 18.4 Å².